The van der Waals surface area contributed by atoms with E-state index in [-0.39, 0.29) is 6.01 Å². The van der Waals surface area contributed by atoms with Gasteiger partial charge in [0.2, 0.25) is 5.95 Å². The molecule has 0 fully saturated rings. The Hall–Kier alpha value is -2.18. The number of nitrogens with one attached hydrogen (secondary N) is 1. The van der Waals surface area contributed by atoms with Gasteiger partial charge in [0.25, 0.3) is 5.89 Å². The van der Waals surface area contributed by atoms with Gasteiger partial charge in [0.05, 0.1) is 5.56 Å². The largest absolute Gasteiger partial charge is 0.403 e. The minimum atomic E-state index is 0.0307. The highest BCUT2D eigenvalue weighted by atomic mass is 16.4. The van der Waals surface area contributed by atoms with Crippen molar-refractivity contribution in [1.82, 2.24) is 20.2 Å². The first kappa shape index (κ1) is 10.3. The predicted octanol–water partition coefficient (Wildman–Crippen LogP) is 0.931. The highest BCUT2D eigenvalue weighted by molar-refractivity contribution is 5.51. The number of aromatic nitrogens is 4. The maximum Gasteiger partial charge on any atom is 0.313 e. The van der Waals surface area contributed by atoms with Crippen molar-refractivity contribution < 1.29 is 4.42 Å². The summed E-state index contributed by atoms with van der Waals surface area (Å²) in [6, 6.07) is 0.0307. The van der Waals surface area contributed by atoms with Gasteiger partial charge in [0, 0.05) is 18.9 Å². The van der Waals surface area contributed by atoms with Crippen LogP contribution in [0, 0.1) is 0 Å². The van der Waals surface area contributed by atoms with Crippen molar-refractivity contribution in [2.24, 2.45) is 0 Å². The third-order valence-electron chi connectivity index (χ3n) is 1.87. The van der Waals surface area contributed by atoms with Gasteiger partial charge in [0.1, 0.15) is 0 Å². The second kappa shape index (κ2) is 4.56. The van der Waals surface area contributed by atoms with E-state index >= 15 is 0 Å². The maximum atomic E-state index is 5.32. The molecule has 2 rings (SSSR count). The first-order valence-corrected chi connectivity index (χ1v) is 4.95. The molecule has 0 aliphatic rings. The van der Waals surface area contributed by atoms with Gasteiger partial charge in [0.15, 0.2) is 0 Å². The lowest BCUT2D eigenvalue weighted by atomic mass is 10.3. The summed E-state index contributed by atoms with van der Waals surface area (Å²) in [5.74, 6) is 0.901. The maximum absolute atomic E-state index is 5.32. The van der Waals surface area contributed by atoms with Gasteiger partial charge in [-0.1, -0.05) is 12.0 Å². The molecule has 0 aliphatic heterocycles. The zero-order valence-corrected chi connectivity index (χ0v) is 8.84. The summed E-state index contributed by atoms with van der Waals surface area (Å²) >= 11 is 0. The third-order valence-corrected chi connectivity index (χ3v) is 1.87. The SMILES string of the molecule is CCCNc1ncc(-c2nnc(N)o2)cn1. The molecule has 0 spiro atoms. The monoisotopic (exact) mass is 220 g/mol. The van der Waals surface area contributed by atoms with Crippen LogP contribution in [0.1, 0.15) is 13.3 Å². The molecule has 0 unspecified atom stereocenters. The molecule has 0 radical (unpaired) electrons. The molecule has 0 saturated heterocycles. The van der Waals surface area contributed by atoms with Crippen molar-refractivity contribution in [3.05, 3.63) is 12.4 Å². The van der Waals surface area contributed by atoms with E-state index in [2.05, 4.69) is 32.4 Å². The van der Waals surface area contributed by atoms with Crippen LogP contribution in [0.5, 0.6) is 0 Å². The summed E-state index contributed by atoms with van der Waals surface area (Å²) in [5, 5.41) is 10.4. The van der Waals surface area contributed by atoms with Crippen molar-refractivity contribution in [3.63, 3.8) is 0 Å². The van der Waals surface area contributed by atoms with Gasteiger partial charge >= 0.3 is 6.01 Å². The van der Waals surface area contributed by atoms with E-state index in [1.54, 1.807) is 12.4 Å². The number of hydrogen-bond acceptors (Lipinski definition) is 7. The molecule has 3 N–H and O–H groups in total. The molecule has 0 bridgehead atoms. The lowest BCUT2D eigenvalue weighted by Gasteiger charge is -2.01. The zero-order valence-electron chi connectivity index (χ0n) is 8.84. The molecule has 0 atom stereocenters. The highest BCUT2D eigenvalue weighted by Crippen LogP contribution is 2.16. The summed E-state index contributed by atoms with van der Waals surface area (Å²) in [4.78, 5) is 8.22. The van der Waals surface area contributed by atoms with Crippen LogP contribution in [0.15, 0.2) is 16.8 Å². The topological polar surface area (TPSA) is 103 Å². The minimum absolute atomic E-state index is 0.0307. The summed E-state index contributed by atoms with van der Waals surface area (Å²) in [6.45, 7) is 2.91. The summed E-state index contributed by atoms with van der Waals surface area (Å²) in [5.41, 5.74) is 5.96. The van der Waals surface area contributed by atoms with Crippen LogP contribution in [0.3, 0.4) is 0 Å². The van der Waals surface area contributed by atoms with Gasteiger partial charge in [-0.2, -0.15) is 0 Å². The Labute approximate surface area is 92.1 Å². The Morgan fingerprint density at radius 3 is 2.62 bits per heavy atom. The van der Waals surface area contributed by atoms with Gasteiger partial charge in [-0.25, -0.2) is 9.97 Å². The molecule has 2 heterocycles. The average molecular weight is 220 g/mol. The predicted molar refractivity (Wildman–Crippen MR) is 58.5 cm³/mol. The molecule has 7 nitrogen and oxygen atoms in total. The molecular weight excluding hydrogens is 208 g/mol. The first-order chi connectivity index (χ1) is 7.79. The van der Waals surface area contributed by atoms with Crippen LogP contribution >= 0.6 is 0 Å². The van der Waals surface area contributed by atoms with E-state index in [0.717, 1.165) is 13.0 Å². The second-order valence-electron chi connectivity index (χ2n) is 3.17. The Kier molecular flexibility index (Phi) is 2.95. The fourth-order valence-corrected chi connectivity index (χ4v) is 1.12. The minimum Gasteiger partial charge on any atom is -0.403 e. The van der Waals surface area contributed by atoms with E-state index in [1.165, 1.54) is 0 Å². The number of anilines is 2. The third kappa shape index (κ3) is 2.25. The Balaban J connectivity index is 2.13. The van der Waals surface area contributed by atoms with E-state index in [4.69, 9.17) is 10.2 Å². The number of nitrogens with zero attached hydrogens (tertiary/aromatic N) is 4. The van der Waals surface area contributed by atoms with Crippen LogP contribution in [0.2, 0.25) is 0 Å². The summed E-state index contributed by atoms with van der Waals surface area (Å²) < 4.78 is 5.05. The van der Waals surface area contributed by atoms with E-state index < -0.39 is 0 Å². The van der Waals surface area contributed by atoms with Crippen LogP contribution in [0.25, 0.3) is 11.5 Å². The Bertz CT molecular complexity index is 451. The van der Waals surface area contributed by atoms with E-state index in [1.807, 2.05) is 0 Å². The smallest absolute Gasteiger partial charge is 0.313 e. The fourth-order valence-electron chi connectivity index (χ4n) is 1.12. The van der Waals surface area contributed by atoms with E-state index in [9.17, 15) is 0 Å². The van der Waals surface area contributed by atoms with Gasteiger partial charge in [-0.15, -0.1) is 5.10 Å². The fraction of sp³-hybridized carbons (Fsp3) is 0.333. The van der Waals surface area contributed by atoms with Crippen LogP contribution in [-0.2, 0) is 0 Å². The van der Waals surface area contributed by atoms with Crippen molar-refractivity contribution in [2.45, 2.75) is 13.3 Å². The van der Waals surface area contributed by atoms with Gasteiger partial charge in [-0.05, 0) is 6.42 Å². The molecule has 7 heteroatoms. The van der Waals surface area contributed by atoms with E-state index in [0.29, 0.717) is 17.4 Å². The van der Waals surface area contributed by atoms with Crippen molar-refractivity contribution in [1.29, 1.82) is 0 Å². The molecule has 0 saturated carbocycles. The molecule has 2 aromatic rings. The number of hydrogen-bond donors (Lipinski definition) is 2. The van der Waals surface area contributed by atoms with Crippen LogP contribution < -0.4 is 11.1 Å². The number of nitrogen functional groups attached to an aromatic ring is 1. The van der Waals surface area contributed by atoms with Crippen molar-refractivity contribution >= 4 is 12.0 Å². The lowest BCUT2D eigenvalue weighted by molar-refractivity contribution is 0.589. The normalized spacial score (nSPS) is 10.3. The van der Waals surface area contributed by atoms with Crippen LogP contribution in [0.4, 0.5) is 12.0 Å². The van der Waals surface area contributed by atoms with Crippen LogP contribution in [-0.4, -0.2) is 26.7 Å². The van der Waals surface area contributed by atoms with Gasteiger partial charge in [-0.3, -0.25) is 0 Å². The lowest BCUT2D eigenvalue weighted by Crippen LogP contribution is -2.03. The molecule has 0 aromatic carbocycles. The molecule has 0 aliphatic carbocycles. The summed E-state index contributed by atoms with van der Waals surface area (Å²) in [6.07, 6.45) is 4.24. The molecule has 16 heavy (non-hydrogen) atoms. The Morgan fingerprint density at radius 2 is 2.06 bits per heavy atom. The highest BCUT2D eigenvalue weighted by Gasteiger charge is 2.07. The molecular formula is C9H12N6O. The van der Waals surface area contributed by atoms with Gasteiger partial charge < -0.3 is 15.5 Å². The molecule has 0 amide bonds. The van der Waals surface area contributed by atoms with Crippen molar-refractivity contribution in [3.8, 4) is 11.5 Å². The first-order valence-electron chi connectivity index (χ1n) is 4.95. The van der Waals surface area contributed by atoms with Crippen molar-refractivity contribution in [2.75, 3.05) is 17.6 Å². The number of rotatable bonds is 4. The number of nitrogens with two attached hydrogens (primary N) is 1. The second-order valence-corrected chi connectivity index (χ2v) is 3.17. The molecule has 2 aromatic heterocycles. The Morgan fingerprint density at radius 1 is 1.31 bits per heavy atom. The standard InChI is InChI=1S/C9H12N6O/c1-2-3-11-9-12-4-6(5-13-9)7-14-15-8(10)16-7/h4-5H,2-3H2,1H3,(H2,10,15)(H,11,12,13). The average Bonchev–Trinajstić information content (AvgIpc) is 2.74. The molecule has 84 valence electrons. The quantitative estimate of drug-likeness (QED) is 0.789. The summed E-state index contributed by atoms with van der Waals surface area (Å²) in [7, 11) is 0. The zero-order chi connectivity index (χ0) is 11.4.